The highest BCUT2D eigenvalue weighted by atomic mass is 32.7. The van der Waals surface area contributed by atoms with Gasteiger partial charge in [-0.25, -0.2) is 29.1 Å². The van der Waals surface area contributed by atoms with E-state index in [0.29, 0.717) is 17.6 Å². The minimum absolute atomic E-state index is 0.0311. The number of fused-ring (bicyclic) bond motifs is 7. The van der Waals surface area contributed by atoms with E-state index >= 15 is 0 Å². The van der Waals surface area contributed by atoms with Crippen molar-refractivity contribution in [1.29, 1.82) is 0 Å². The Morgan fingerprint density at radius 3 is 2.70 bits per heavy atom. The van der Waals surface area contributed by atoms with Crippen LogP contribution in [0.2, 0.25) is 0 Å². The minimum atomic E-state index is -4.98. The van der Waals surface area contributed by atoms with Crippen LogP contribution in [0.15, 0.2) is 17.4 Å². The van der Waals surface area contributed by atoms with Gasteiger partial charge < -0.3 is 35.9 Å². The number of nitrogens with one attached hydrogen (secondary N) is 1. The first-order valence-corrected chi connectivity index (χ1v) is 18.7. The van der Waals surface area contributed by atoms with Crippen LogP contribution in [0.1, 0.15) is 17.4 Å². The number of anilines is 2. The number of aliphatic hydroxyl groups is 2. The summed E-state index contributed by atoms with van der Waals surface area (Å²) in [5, 5.41) is 22.8. The molecule has 0 aromatic carbocycles. The molecule has 0 spiro atoms. The number of phosphoric ester groups is 1. The van der Waals surface area contributed by atoms with Crippen LogP contribution in [0.25, 0.3) is 22.2 Å². The van der Waals surface area contributed by atoms with E-state index in [1.165, 1.54) is 12.7 Å². The molecule has 20 nitrogen and oxygen atoms in total. The molecule has 1 unspecified atom stereocenters. The summed E-state index contributed by atoms with van der Waals surface area (Å²) < 4.78 is 60.9. The fraction of sp³-hybridized carbons (Fsp3) is 0.545. The average Bonchev–Trinajstić information content (AvgIpc) is 3.25. The summed E-state index contributed by atoms with van der Waals surface area (Å²) in [6.45, 7) is -5.37. The number of aromatic amines is 1. The lowest BCUT2D eigenvalue weighted by atomic mass is 10.0. The molecule has 4 aliphatic rings. The minimum Gasteiger partial charge on any atom is -0.388 e. The Bertz CT molecular complexity index is 2050. The fourth-order valence-electron chi connectivity index (χ4n) is 6.81. The fourth-order valence-corrected chi connectivity index (χ4v) is 10.2. The molecule has 246 valence electrons. The normalized spacial score (nSPS) is 41.0. The van der Waals surface area contributed by atoms with E-state index in [2.05, 4.69) is 41.5 Å². The van der Waals surface area contributed by atoms with Gasteiger partial charge in [-0.05, 0) is 23.9 Å². The van der Waals surface area contributed by atoms with Crippen LogP contribution in [0, 0.1) is 11.8 Å². The van der Waals surface area contributed by atoms with Crippen LogP contribution >= 0.6 is 38.4 Å². The smallest absolute Gasteiger partial charge is 0.388 e. The van der Waals surface area contributed by atoms with Gasteiger partial charge in [-0.15, -0.1) is 0 Å². The van der Waals surface area contributed by atoms with Gasteiger partial charge in [0.1, 0.15) is 54.0 Å². The zero-order chi connectivity index (χ0) is 32.3. The summed E-state index contributed by atoms with van der Waals surface area (Å²) in [5.41, 5.74) is 10.6. The molecular weight excluding hydrogens is 692 g/mol. The number of thiol groups is 1. The van der Waals surface area contributed by atoms with E-state index in [1.807, 2.05) is 0 Å². The van der Waals surface area contributed by atoms with Gasteiger partial charge in [0.2, 0.25) is 5.95 Å². The first-order chi connectivity index (χ1) is 21.8. The second-order valence-electron chi connectivity index (χ2n) is 11.4. The summed E-state index contributed by atoms with van der Waals surface area (Å²) >= 11 is 4.90. The van der Waals surface area contributed by atoms with Crippen LogP contribution in [0.3, 0.4) is 0 Å². The van der Waals surface area contributed by atoms with E-state index in [-0.39, 0.29) is 27.7 Å². The third-order valence-corrected chi connectivity index (χ3v) is 12.4. The number of aliphatic hydroxyl groups excluding tert-OH is 2. The lowest BCUT2D eigenvalue weighted by Crippen LogP contribution is -2.40. The Kier molecular flexibility index (Phi) is 6.98. The molecule has 8 N–H and O–H groups in total. The molecule has 2 saturated heterocycles. The molecule has 0 amide bonds. The molecule has 46 heavy (non-hydrogen) atoms. The van der Waals surface area contributed by atoms with Crippen molar-refractivity contribution in [2.24, 2.45) is 11.8 Å². The predicted molar refractivity (Wildman–Crippen MR) is 159 cm³/mol. The average molecular weight is 718 g/mol. The third kappa shape index (κ3) is 4.66. The second kappa shape index (κ2) is 10.5. The Hall–Kier alpha value is -2.59. The van der Waals surface area contributed by atoms with Crippen LogP contribution in [0.5, 0.6) is 0 Å². The first kappa shape index (κ1) is 30.7. The Morgan fingerprint density at radius 1 is 1.09 bits per heavy atom. The summed E-state index contributed by atoms with van der Waals surface area (Å²) in [5.74, 6) is -1.34. The number of nitrogens with two attached hydrogens (primary N) is 2. The van der Waals surface area contributed by atoms with E-state index < -0.39 is 87.4 Å². The molecule has 0 radical (unpaired) electrons. The summed E-state index contributed by atoms with van der Waals surface area (Å²) in [7, 11) is -4.98. The maximum absolute atomic E-state index is 13.6. The van der Waals surface area contributed by atoms with E-state index in [9.17, 15) is 29.0 Å². The zero-order valence-electron chi connectivity index (χ0n) is 23.1. The van der Waals surface area contributed by atoms with Crippen molar-refractivity contribution in [2.75, 3.05) is 24.7 Å². The van der Waals surface area contributed by atoms with Crippen molar-refractivity contribution >= 4 is 72.4 Å². The van der Waals surface area contributed by atoms with Crippen molar-refractivity contribution in [3.63, 3.8) is 0 Å². The van der Waals surface area contributed by atoms with Crippen molar-refractivity contribution < 1.29 is 47.1 Å². The third-order valence-electron chi connectivity index (χ3n) is 8.92. The van der Waals surface area contributed by atoms with E-state index in [4.69, 9.17) is 34.3 Å². The maximum atomic E-state index is 13.6. The number of H-pyrrole nitrogens is 1. The lowest BCUT2D eigenvalue weighted by molar-refractivity contribution is -0.0368. The van der Waals surface area contributed by atoms with E-state index in [1.54, 1.807) is 4.57 Å². The van der Waals surface area contributed by atoms with Gasteiger partial charge in [0.25, 0.3) is 5.56 Å². The summed E-state index contributed by atoms with van der Waals surface area (Å²) in [4.78, 5) is 42.3. The SMILES string of the molecule is Nc1nc2c([C@@H]3O[C@@H]4CO[P@](=O)(S)O[C@@H]5[C@@H](COP(=O)(O)O[C@@H]3[C@@H]4O)[C@@H]3C[C@]3(n3cnc4c(N)ncnc43)[C@@H]5O)snc2c(=O)[nH]1. The predicted octanol–water partition coefficient (Wildman–Crippen LogP) is -0.154. The number of imidazole rings is 1. The topological polar surface area (TPSA) is 295 Å². The van der Waals surface area contributed by atoms with Crippen molar-refractivity contribution in [3.8, 4) is 0 Å². The molecular formula is C22H25N9O11P2S2. The van der Waals surface area contributed by atoms with Crippen LogP contribution in [0.4, 0.5) is 11.8 Å². The van der Waals surface area contributed by atoms with Gasteiger partial charge in [-0.1, -0.05) is 12.2 Å². The number of nitrogens with zero attached hydrogens (tertiary/aromatic N) is 6. The highest BCUT2D eigenvalue weighted by molar-refractivity contribution is 8.44. The number of phosphoric acid groups is 1. The molecule has 2 saturated carbocycles. The summed E-state index contributed by atoms with van der Waals surface area (Å²) in [6.07, 6.45) is -5.35. The van der Waals surface area contributed by atoms with Crippen LogP contribution < -0.4 is 17.0 Å². The van der Waals surface area contributed by atoms with Crippen molar-refractivity contribution in [1.82, 2.24) is 33.9 Å². The van der Waals surface area contributed by atoms with Gasteiger partial charge in [-0.2, -0.15) is 4.37 Å². The number of aromatic nitrogens is 7. The van der Waals surface area contributed by atoms with Crippen LogP contribution in [-0.4, -0.2) is 92.7 Å². The molecule has 24 heteroatoms. The molecule has 11 atom stereocenters. The largest absolute Gasteiger partial charge is 0.472 e. The first-order valence-electron chi connectivity index (χ1n) is 13.7. The molecule has 2 aliphatic carbocycles. The number of nitrogen functional groups attached to an aromatic ring is 2. The van der Waals surface area contributed by atoms with Gasteiger partial charge >= 0.3 is 14.6 Å². The highest BCUT2D eigenvalue weighted by Gasteiger charge is 2.74. The van der Waals surface area contributed by atoms with Crippen molar-refractivity contribution in [2.45, 2.75) is 48.6 Å². The zero-order valence-corrected chi connectivity index (χ0v) is 26.6. The molecule has 2 bridgehead atoms. The van der Waals surface area contributed by atoms with Gasteiger partial charge in [0.15, 0.2) is 17.0 Å². The Morgan fingerprint density at radius 2 is 1.89 bits per heavy atom. The maximum Gasteiger partial charge on any atom is 0.472 e. The van der Waals surface area contributed by atoms with Gasteiger partial charge in [0.05, 0.1) is 30.0 Å². The van der Waals surface area contributed by atoms with E-state index in [0.717, 1.165) is 11.5 Å². The second-order valence-corrected chi connectivity index (χ2v) is 16.5. The molecule has 8 rings (SSSR count). The number of hydrogen-bond donors (Lipinski definition) is 7. The Labute approximate surface area is 265 Å². The van der Waals surface area contributed by atoms with Gasteiger partial charge in [-0.3, -0.25) is 27.9 Å². The molecule has 6 heterocycles. The molecule has 4 aromatic rings. The number of hydrogen-bond acceptors (Lipinski definition) is 18. The summed E-state index contributed by atoms with van der Waals surface area (Å²) in [6, 6.07) is 0. The molecule has 2 aliphatic heterocycles. The number of rotatable bonds is 2. The highest BCUT2D eigenvalue weighted by Crippen LogP contribution is 2.69. The standard InChI is InChI=1S/C22H25N9O11P2S2/c23-18-11-19(26-4-25-18)31(5-27-11)22-1-7(22)6-2-38-43(35,36)41-14-12(32)8(3-39-44(37,45)42-13(6)17(22)33)40-15(14)16-9-10(30-46-16)20(34)29-21(24)28-9/h4-8,12-15,17,32-33H,1-3H2,(H,35,36)(H,37,45)(H2,23,25,26)(H3,24,28,29,34)/t6-,7-,8+,12+,13+,14+,15+,17+,22+,44-/m0/s1. The van der Waals surface area contributed by atoms with Crippen molar-refractivity contribution in [3.05, 3.63) is 27.9 Å². The molecule has 4 fully saturated rings. The Balaban J connectivity index is 1.14. The quantitative estimate of drug-likeness (QED) is 0.105. The van der Waals surface area contributed by atoms with Gasteiger partial charge in [0, 0.05) is 5.92 Å². The monoisotopic (exact) mass is 717 g/mol. The number of ether oxygens (including phenoxy) is 1. The van der Waals surface area contributed by atoms with Crippen LogP contribution in [-0.2, 0) is 37.5 Å². The molecule has 4 aromatic heterocycles. The lowest BCUT2D eigenvalue weighted by Gasteiger charge is -2.30.